The number of anilines is 1. The van der Waals surface area contributed by atoms with Gasteiger partial charge in [-0.3, -0.25) is 9.69 Å². The Kier molecular flexibility index (Phi) is 6.49. The molecule has 0 unspecified atom stereocenters. The SMILES string of the molecule is CSCCN(C(=O)Cl)c1cccc(Cc2ccc(Cl)nc2)n1. The molecule has 2 heterocycles. The molecule has 7 heteroatoms. The Morgan fingerprint density at radius 1 is 1.32 bits per heavy atom. The fourth-order valence-electron chi connectivity index (χ4n) is 1.91. The Morgan fingerprint density at radius 2 is 2.14 bits per heavy atom. The van der Waals surface area contributed by atoms with Gasteiger partial charge in [0.2, 0.25) is 0 Å². The molecule has 0 saturated heterocycles. The Morgan fingerprint density at radius 3 is 2.77 bits per heavy atom. The molecule has 2 aromatic rings. The molecule has 0 aliphatic carbocycles. The second-order valence-electron chi connectivity index (χ2n) is 4.55. The first-order valence-electron chi connectivity index (χ1n) is 6.62. The van der Waals surface area contributed by atoms with Crippen molar-refractivity contribution < 1.29 is 4.79 Å². The number of halogens is 2. The third-order valence-electron chi connectivity index (χ3n) is 2.97. The normalized spacial score (nSPS) is 10.5. The summed E-state index contributed by atoms with van der Waals surface area (Å²) in [4.78, 5) is 21.6. The minimum atomic E-state index is -0.521. The number of hydrogen-bond donors (Lipinski definition) is 0. The maximum atomic E-state index is 11.6. The van der Waals surface area contributed by atoms with Crippen LogP contribution in [-0.4, -0.2) is 33.9 Å². The number of thioether (sulfide) groups is 1. The van der Waals surface area contributed by atoms with E-state index in [1.165, 1.54) is 4.90 Å². The van der Waals surface area contributed by atoms with Crippen LogP contribution < -0.4 is 4.90 Å². The number of aromatic nitrogens is 2. The molecule has 0 aliphatic rings. The summed E-state index contributed by atoms with van der Waals surface area (Å²) in [5, 5.41) is -0.0618. The van der Waals surface area contributed by atoms with E-state index in [2.05, 4.69) is 9.97 Å². The second kappa shape index (κ2) is 8.36. The highest BCUT2D eigenvalue weighted by molar-refractivity contribution is 7.98. The van der Waals surface area contributed by atoms with E-state index in [-0.39, 0.29) is 0 Å². The quantitative estimate of drug-likeness (QED) is 0.441. The third-order valence-corrected chi connectivity index (χ3v) is 3.99. The number of carbonyl (C=O) groups excluding carboxylic acids is 1. The lowest BCUT2D eigenvalue weighted by molar-refractivity contribution is 0.264. The van der Waals surface area contributed by atoms with Crippen LogP contribution in [0.3, 0.4) is 0 Å². The van der Waals surface area contributed by atoms with E-state index in [0.717, 1.165) is 17.0 Å². The van der Waals surface area contributed by atoms with E-state index >= 15 is 0 Å². The second-order valence-corrected chi connectivity index (χ2v) is 6.25. The number of carbonyl (C=O) groups is 1. The predicted octanol–water partition coefficient (Wildman–Crippen LogP) is 4.25. The van der Waals surface area contributed by atoms with Crippen molar-refractivity contribution >= 4 is 46.1 Å². The minimum Gasteiger partial charge on any atom is -0.282 e. The Balaban J connectivity index is 2.17. The van der Waals surface area contributed by atoms with Crippen molar-refractivity contribution in [2.75, 3.05) is 23.5 Å². The maximum absolute atomic E-state index is 11.6. The largest absolute Gasteiger partial charge is 0.322 e. The van der Waals surface area contributed by atoms with Crippen molar-refractivity contribution in [3.8, 4) is 0 Å². The van der Waals surface area contributed by atoms with E-state index in [0.29, 0.717) is 23.9 Å². The highest BCUT2D eigenvalue weighted by Gasteiger charge is 2.14. The Bertz CT molecular complexity index is 637. The summed E-state index contributed by atoms with van der Waals surface area (Å²) in [7, 11) is 0. The van der Waals surface area contributed by atoms with Crippen molar-refractivity contribution in [1.29, 1.82) is 0 Å². The van der Waals surface area contributed by atoms with Gasteiger partial charge in [0.25, 0.3) is 0 Å². The van der Waals surface area contributed by atoms with Gasteiger partial charge in [-0.1, -0.05) is 23.7 Å². The fraction of sp³-hybridized carbons (Fsp3) is 0.267. The van der Waals surface area contributed by atoms with Crippen LogP contribution in [0.4, 0.5) is 10.6 Å². The van der Waals surface area contributed by atoms with Gasteiger partial charge >= 0.3 is 5.37 Å². The smallest absolute Gasteiger partial charge is 0.282 e. The third kappa shape index (κ3) is 4.87. The summed E-state index contributed by atoms with van der Waals surface area (Å²) < 4.78 is 0. The standard InChI is InChI=1S/C15H15Cl2N3OS/c1-22-8-7-20(15(17)21)14-4-2-3-12(19-14)9-11-5-6-13(16)18-10-11/h2-6,10H,7-9H2,1H3. The van der Waals surface area contributed by atoms with Gasteiger partial charge in [-0.25, -0.2) is 9.97 Å². The van der Waals surface area contributed by atoms with E-state index < -0.39 is 5.37 Å². The Labute approximate surface area is 143 Å². The van der Waals surface area contributed by atoms with Crippen LogP contribution in [0.2, 0.25) is 5.15 Å². The van der Waals surface area contributed by atoms with Gasteiger partial charge in [-0.05, 0) is 41.6 Å². The zero-order valence-electron chi connectivity index (χ0n) is 12.0. The molecule has 0 radical (unpaired) electrons. The highest BCUT2D eigenvalue weighted by atomic mass is 35.5. The molecule has 116 valence electrons. The first-order chi connectivity index (χ1) is 10.6. The molecule has 0 fully saturated rings. The predicted molar refractivity (Wildman–Crippen MR) is 93.3 cm³/mol. The van der Waals surface area contributed by atoms with Crippen LogP contribution in [0.25, 0.3) is 0 Å². The van der Waals surface area contributed by atoms with Gasteiger partial charge in [-0.15, -0.1) is 0 Å². The Hall–Kier alpha value is -1.30. The summed E-state index contributed by atoms with van der Waals surface area (Å²) in [5.41, 5.74) is 1.84. The average Bonchev–Trinajstić information content (AvgIpc) is 2.50. The molecule has 0 saturated carbocycles. The number of amides is 1. The number of rotatable bonds is 6. The summed E-state index contributed by atoms with van der Waals surface area (Å²) in [5.74, 6) is 1.36. The van der Waals surface area contributed by atoms with E-state index in [9.17, 15) is 4.79 Å². The van der Waals surface area contributed by atoms with Crippen LogP contribution in [0.1, 0.15) is 11.3 Å². The van der Waals surface area contributed by atoms with Gasteiger partial charge in [0, 0.05) is 30.6 Å². The van der Waals surface area contributed by atoms with Crippen LogP contribution in [0.15, 0.2) is 36.5 Å². The van der Waals surface area contributed by atoms with Crippen LogP contribution in [0, 0.1) is 0 Å². The van der Waals surface area contributed by atoms with E-state index in [1.54, 1.807) is 30.1 Å². The van der Waals surface area contributed by atoms with E-state index in [1.807, 2.05) is 24.5 Å². The van der Waals surface area contributed by atoms with Gasteiger partial charge in [0.15, 0.2) is 0 Å². The van der Waals surface area contributed by atoms with Gasteiger partial charge in [0.1, 0.15) is 11.0 Å². The molecule has 0 spiro atoms. The summed E-state index contributed by atoms with van der Waals surface area (Å²) in [6, 6.07) is 9.20. The van der Waals surface area contributed by atoms with Crippen molar-refractivity contribution in [3.63, 3.8) is 0 Å². The van der Waals surface area contributed by atoms with Crippen molar-refractivity contribution in [3.05, 3.63) is 52.9 Å². The van der Waals surface area contributed by atoms with Crippen molar-refractivity contribution in [2.24, 2.45) is 0 Å². The highest BCUT2D eigenvalue weighted by Crippen LogP contribution is 2.17. The van der Waals surface area contributed by atoms with Crippen molar-refractivity contribution in [2.45, 2.75) is 6.42 Å². The minimum absolute atomic E-state index is 0.460. The molecule has 0 bridgehead atoms. The molecular weight excluding hydrogens is 341 g/mol. The number of nitrogens with zero attached hydrogens (tertiary/aromatic N) is 3. The molecule has 4 nitrogen and oxygen atoms in total. The number of pyridine rings is 2. The first kappa shape index (κ1) is 17.1. The molecule has 22 heavy (non-hydrogen) atoms. The molecule has 1 amide bonds. The first-order valence-corrected chi connectivity index (χ1v) is 8.77. The lowest BCUT2D eigenvalue weighted by Gasteiger charge is -2.18. The lowest BCUT2D eigenvalue weighted by Crippen LogP contribution is -2.29. The van der Waals surface area contributed by atoms with Crippen LogP contribution >= 0.6 is 35.0 Å². The number of hydrogen-bond acceptors (Lipinski definition) is 4. The monoisotopic (exact) mass is 355 g/mol. The lowest BCUT2D eigenvalue weighted by atomic mass is 10.1. The van der Waals surface area contributed by atoms with Gasteiger partial charge in [-0.2, -0.15) is 11.8 Å². The summed E-state index contributed by atoms with van der Waals surface area (Å²) in [6.45, 7) is 0.530. The zero-order valence-corrected chi connectivity index (χ0v) is 14.3. The summed E-state index contributed by atoms with van der Waals surface area (Å²) >= 11 is 13.1. The van der Waals surface area contributed by atoms with Gasteiger partial charge < -0.3 is 0 Å². The molecule has 0 aliphatic heterocycles. The average molecular weight is 356 g/mol. The van der Waals surface area contributed by atoms with Crippen LogP contribution in [0.5, 0.6) is 0 Å². The van der Waals surface area contributed by atoms with Crippen LogP contribution in [-0.2, 0) is 6.42 Å². The molecule has 0 aromatic carbocycles. The molecule has 2 rings (SSSR count). The molecule has 0 N–H and O–H groups in total. The maximum Gasteiger partial charge on any atom is 0.322 e. The van der Waals surface area contributed by atoms with Crippen molar-refractivity contribution in [1.82, 2.24) is 9.97 Å². The zero-order chi connectivity index (χ0) is 15.9. The topological polar surface area (TPSA) is 46.1 Å². The van der Waals surface area contributed by atoms with Gasteiger partial charge in [0.05, 0.1) is 0 Å². The molecule has 0 atom stereocenters. The molecular formula is C15H15Cl2N3OS. The molecule has 2 aromatic heterocycles. The summed E-state index contributed by atoms with van der Waals surface area (Å²) in [6.07, 6.45) is 4.31. The van der Waals surface area contributed by atoms with E-state index in [4.69, 9.17) is 23.2 Å². The fourth-order valence-corrected chi connectivity index (χ4v) is 2.56.